The number of carbonyl (C=O) groups is 1. The van der Waals surface area contributed by atoms with Crippen LogP contribution in [0.3, 0.4) is 0 Å². The second-order valence-electron chi connectivity index (χ2n) is 3.70. The summed E-state index contributed by atoms with van der Waals surface area (Å²) < 4.78 is 5.21. The highest BCUT2D eigenvalue weighted by Gasteiger charge is 2.26. The van der Waals surface area contributed by atoms with Crippen LogP contribution in [-0.4, -0.2) is 27.7 Å². The van der Waals surface area contributed by atoms with Crippen LogP contribution in [0.4, 0.5) is 0 Å². The van der Waals surface area contributed by atoms with Crippen LogP contribution in [-0.2, 0) is 9.53 Å². The average Bonchev–Trinajstić information content (AvgIpc) is 2.26. The number of aliphatic hydroxyl groups excluding tert-OH is 3. The second-order valence-corrected chi connectivity index (χ2v) is 3.70. The van der Waals surface area contributed by atoms with E-state index in [2.05, 4.69) is 0 Å². The molecule has 0 amide bonds. The van der Waals surface area contributed by atoms with Gasteiger partial charge in [0.1, 0.15) is 5.76 Å². The molecule has 2 aliphatic rings. The maximum atomic E-state index is 11.3. The third kappa shape index (κ3) is 1.76. The van der Waals surface area contributed by atoms with Gasteiger partial charge in [0, 0.05) is 18.4 Å². The molecule has 0 bridgehead atoms. The molecule has 5 heteroatoms. The molecule has 0 spiro atoms. The monoisotopic (exact) mass is 224 g/mol. The molecule has 3 N–H and O–H groups in total. The minimum Gasteiger partial charge on any atom is -0.508 e. The van der Waals surface area contributed by atoms with Gasteiger partial charge in [-0.2, -0.15) is 0 Å². The minimum atomic E-state index is -0.397. The lowest BCUT2D eigenvalue weighted by molar-refractivity contribution is -0.120. The van der Waals surface area contributed by atoms with Gasteiger partial charge < -0.3 is 20.1 Å². The van der Waals surface area contributed by atoms with Crippen LogP contribution in [0.5, 0.6) is 0 Å². The first-order chi connectivity index (χ1) is 7.59. The SMILES string of the molecule is O=C1CCOC(C2=CC(O)=C(O)CC2)=C1O. The van der Waals surface area contributed by atoms with E-state index in [0.717, 1.165) is 0 Å². The Morgan fingerprint density at radius 3 is 2.56 bits per heavy atom. The van der Waals surface area contributed by atoms with Gasteiger partial charge >= 0.3 is 0 Å². The molecular weight excluding hydrogens is 212 g/mol. The van der Waals surface area contributed by atoms with Gasteiger partial charge in [0.25, 0.3) is 0 Å². The molecule has 86 valence electrons. The van der Waals surface area contributed by atoms with Gasteiger partial charge in [-0.25, -0.2) is 0 Å². The van der Waals surface area contributed by atoms with Crippen molar-refractivity contribution in [1.82, 2.24) is 0 Å². The van der Waals surface area contributed by atoms with Crippen molar-refractivity contribution >= 4 is 5.78 Å². The average molecular weight is 224 g/mol. The Morgan fingerprint density at radius 2 is 1.88 bits per heavy atom. The zero-order valence-electron chi connectivity index (χ0n) is 8.56. The van der Waals surface area contributed by atoms with Gasteiger partial charge in [0.15, 0.2) is 11.5 Å². The van der Waals surface area contributed by atoms with Crippen LogP contribution in [0.15, 0.2) is 34.7 Å². The normalized spacial score (nSPS) is 22.0. The van der Waals surface area contributed by atoms with Crippen LogP contribution in [0.2, 0.25) is 0 Å². The van der Waals surface area contributed by atoms with Gasteiger partial charge in [-0.05, 0) is 12.5 Å². The van der Waals surface area contributed by atoms with E-state index in [4.69, 9.17) is 4.74 Å². The number of rotatable bonds is 1. The molecule has 2 rings (SSSR count). The molecule has 1 heterocycles. The Hall–Kier alpha value is -1.91. The molecule has 1 aliphatic heterocycles. The number of hydrogen-bond acceptors (Lipinski definition) is 5. The third-order valence-electron chi connectivity index (χ3n) is 2.58. The standard InChI is InChI=1S/C11H12O5/c12-7-2-1-6(5-9(7)14)11-10(15)8(13)3-4-16-11/h5,12,14-15H,1-4H2. The fraction of sp³-hybridized carbons (Fsp3) is 0.364. The molecule has 0 atom stereocenters. The van der Waals surface area contributed by atoms with E-state index in [1.165, 1.54) is 6.08 Å². The Morgan fingerprint density at radius 1 is 1.12 bits per heavy atom. The summed E-state index contributed by atoms with van der Waals surface area (Å²) in [5, 5.41) is 28.1. The molecule has 0 unspecified atom stereocenters. The van der Waals surface area contributed by atoms with Crippen molar-refractivity contribution in [1.29, 1.82) is 0 Å². The number of Topliss-reactive ketones (excluding diaryl/α,β-unsaturated/α-hetero) is 1. The quantitative estimate of drug-likeness (QED) is 0.632. The highest BCUT2D eigenvalue weighted by Crippen LogP contribution is 2.30. The molecule has 0 aromatic rings. The summed E-state index contributed by atoms with van der Waals surface area (Å²) in [5.41, 5.74) is 0.529. The number of hydrogen-bond donors (Lipinski definition) is 3. The van der Waals surface area contributed by atoms with E-state index < -0.39 is 5.76 Å². The summed E-state index contributed by atoms with van der Waals surface area (Å²) in [6.07, 6.45) is 2.16. The summed E-state index contributed by atoms with van der Waals surface area (Å²) in [5.74, 6) is -0.975. The highest BCUT2D eigenvalue weighted by molar-refractivity contribution is 5.94. The van der Waals surface area contributed by atoms with Crippen molar-refractivity contribution < 1.29 is 24.9 Å². The Bertz CT molecular complexity index is 428. The molecule has 0 saturated heterocycles. The third-order valence-corrected chi connectivity index (χ3v) is 2.58. The van der Waals surface area contributed by atoms with E-state index in [9.17, 15) is 20.1 Å². The molecule has 0 saturated carbocycles. The van der Waals surface area contributed by atoms with Crippen LogP contribution in [0, 0.1) is 0 Å². The Kier molecular flexibility index (Phi) is 2.60. The van der Waals surface area contributed by atoms with Crippen molar-refractivity contribution in [2.24, 2.45) is 0 Å². The number of ketones is 1. The summed E-state index contributed by atoms with van der Waals surface area (Å²) in [7, 11) is 0. The van der Waals surface area contributed by atoms with E-state index >= 15 is 0 Å². The van der Waals surface area contributed by atoms with Gasteiger partial charge in [-0.1, -0.05) is 0 Å². The first-order valence-corrected chi connectivity index (χ1v) is 5.01. The smallest absolute Gasteiger partial charge is 0.204 e. The van der Waals surface area contributed by atoms with Crippen molar-refractivity contribution in [3.8, 4) is 0 Å². The maximum absolute atomic E-state index is 11.3. The Balaban J connectivity index is 2.36. The highest BCUT2D eigenvalue weighted by atomic mass is 16.5. The van der Waals surface area contributed by atoms with Crippen LogP contribution in [0.25, 0.3) is 0 Å². The lowest BCUT2D eigenvalue weighted by Gasteiger charge is -2.21. The molecule has 0 aromatic heterocycles. The summed E-state index contributed by atoms with van der Waals surface area (Å²) in [4.78, 5) is 11.3. The van der Waals surface area contributed by atoms with Crippen LogP contribution >= 0.6 is 0 Å². The fourth-order valence-corrected chi connectivity index (χ4v) is 1.68. The number of ether oxygens (including phenoxy) is 1. The topological polar surface area (TPSA) is 87.0 Å². The predicted octanol–water partition coefficient (Wildman–Crippen LogP) is 1.79. The number of aliphatic hydroxyl groups is 3. The lowest BCUT2D eigenvalue weighted by atomic mass is 9.98. The molecule has 16 heavy (non-hydrogen) atoms. The Labute approximate surface area is 92.0 Å². The van der Waals surface area contributed by atoms with Crippen molar-refractivity contribution in [2.45, 2.75) is 19.3 Å². The first-order valence-electron chi connectivity index (χ1n) is 5.01. The summed E-state index contributed by atoms with van der Waals surface area (Å²) in [6.45, 7) is 0.228. The zero-order chi connectivity index (χ0) is 11.7. The fourth-order valence-electron chi connectivity index (χ4n) is 1.68. The van der Waals surface area contributed by atoms with E-state index in [1.54, 1.807) is 0 Å². The van der Waals surface area contributed by atoms with Crippen molar-refractivity contribution in [2.75, 3.05) is 6.61 Å². The van der Waals surface area contributed by atoms with E-state index in [1.807, 2.05) is 0 Å². The summed E-state index contributed by atoms with van der Waals surface area (Å²) >= 11 is 0. The van der Waals surface area contributed by atoms with Gasteiger partial charge in [0.2, 0.25) is 11.5 Å². The molecule has 5 nitrogen and oxygen atoms in total. The van der Waals surface area contributed by atoms with Crippen molar-refractivity contribution in [3.05, 3.63) is 34.7 Å². The molecule has 0 fully saturated rings. The van der Waals surface area contributed by atoms with Crippen molar-refractivity contribution in [3.63, 3.8) is 0 Å². The minimum absolute atomic E-state index is 0.0917. The second kappa shape index (κ2) is 3.92. The lowest BCUT2D eigenvalue weighted by Crippen LogP contribution is -2.18. The van der Waals surface area contributed by atoms with E-state index in [0.29, 0.717) is 12.0 Å². The van der Waals surface area contributed by atoms with Gasteiger partial charge in [-0.15, -0.1) is 0 Å². The summed E-state index contributed by atoms with van der Waals surface area (Å²) in [6, 6.07) is 0. The van der Waals surface area contributed by atoms with Gasteiger partial charge in [-0.3, -0.25) is 4.79 Å². The maximum Gasteiger partial charge on any atom is 0.204 e. The molecule has 0 radical (unpaired) electrons. The zero-order valence-corrected chi connectivity index (χ0v) is 8.56. The van der Waals surface area contributed by atoms with Crippen LogP contribution < -0.4 is 0 Å². The molecule has 0 aromatic carbocycles. The van der Waals surface area contributed by atoms with E-state index in [-0.39, 0.29) is 42.5 Å². The predicted molar refractivity (Wildman–Crippen MR) is 54.8 cm³/mol. The largest absolute Gasteiger partial charge is 0.508 e. The van der Waals surface area contributed by atoms with Gasteiger partial charge in [0.05, 0.1) is 6.61 Å². The number of allylic oxidation sites excluding steroid dienone is 4. The number of carbonyl (C=O) groups excluding carboxylic acids is 1. The molecule has 1 aliphatic carbocycles. The molecular formula is C11H12O5. The first kappa shape index (κ1) is 10.6. The van der Waals surface area contributed by atoms with Crippen LogP contribution in [0.1, 0.15) is 19.3 Å².